The maximum Gasteiger partial charge on any atom is 0.244 e. The highest BCUT2D eigenvalue weighted by molar-refractivity contribution is 7.09. The molecule has 5 nitrogen and oxygen atoms in total. The van der Waals surface area contributed by atoms with Crippen molar-refractivity contribution >= 4 is 23.2 Å². The predicted octanol–water partition coefficient (Wildman–Crippen LogP) is 1.95. The molecule has 2 amide bonds. The summed E-state index contributed by atoms with van der Waals surface area (Å²) < 4.78 is 12.9. The molecule has 0 saturated carbocycles. The average Bonchev–Trinajstić information content (AvgIpc) is 2.99. The van der Waals surface area contributed by atoms with Gasteiger partial charge < -0.3 is 11.1 Å². The van der Waals surface area contributed by atoms with Gasteiger partial charge in [-0.3, -0.25) is 9.59 Å². The summed E-state index contributed by atoms with van der Waals surface area (Å²) >= 11 is 1.54. The summed E-state index contributed by atoms with van der Waals surface area (Å²) in [5, 5.41) is 5.43. The zero-order valence-corrected chi connectivity index (χ0v) is 12.6. The number of nitrogens with zero attached hydrogens (tertiary/aromatic N) is 1. The van der Waals surface area contributed by atoms with E-state index in [0.717, 1.165) is 5.01 Å². The van der Waals surface area contributed by atoms with Crippen LogP contribution in [0, 0.1) is 5.82 Å². The first-order chi connectivity index (χ1) is 10.6. The molecule has 1 aromatic carbocycles. The van der Waals surface area contributed by atoms with E-state index in [4.69, 9.17) is 5.73 Å². The molecule has 2 rings (SSSR count). The van der Waals surface area contributed by atoms with Crippen molar-refractivity contribution in [3.8, 4) is 0 Å². The first-order valence-electron chi connectivity index (χ1n) is 6.79. The minimum atomic E-state index is -0.951. The highest BCUT2D eigenvalue weighted by Gasteiger charge is 2.20. The Morgan fingerprint density at radius 3 is 2.64 bits per heavy atom. The number of thiazole rings is 1. The van der Waals surface area contributed by atoms with E-state index in [9.17, 15) is 14.0 Å². The maximum atomic E-state index is 12.9. The minimum absolute atomic E-state index is 0.268. The number of primary amides is 1. The number of aryl methyl sites for hydroxylation is 1. The van der Waals surface area contributed by atoms with Crippen molar-refractivity contribution in [1.82, 2.24) is 10.3 Å². The second-order valence-corrected chi connectivity index (χ2v) is 5.71. The number of nitrogens with one attached hydrogen (secondary N) is 1. The molecular formula is C15H16FN3O2S. The summed E-state index contributed by atoms with van der Waals surface area (Å²) in [6.07, 6.45) is 3.33. The van der Waals surface area contributed by atoms with Crippen LogP contribution in [0.15, 0.2) is 35.8 Å². The molecule has 0 aliphatic carbocycles. The van der Waals surface area contributed by atoms with Gasteiger partial charge >= 0.3 is 0 Å². The van der Waals surface area contributed by atoms with E-state index in [1.807, 2.05) is 5.38 Å². The number of hydrogen-bond acceptors (Lipinski definition) is 4. The summed E-state index contributed by atoms with van der Waals surface area (Å²) in [5.41, 5.74) is 5.77. The van der Waals surface area contributed by atoms with Crippen LogP contribution in [0.5, 0.6) is 0 Å². The number of rotatable bonds is 7. The molecule has 2 aromatic rings. The minimum Gasteiger partial charge on any atom is -0.368 e. The number of aromatic nitrogens is 1. The van der Waals surface area contributed by atoms with Gasteiger partial charge in [0.15, 0.2) is 0 Å². The molecule has 22 heavy (non-hydrogen) atoms. The summed E-state index contributed by atoms with van der Waals surface area (Å²) in [7, 11) is 0. The lowest BCUT2D eigenvalue weighted by Gasteiger charge is -2.15. The first-order valence-corrected chi connectivity index (χ1v) is 7.67. The zero-order valence-electron chi connectivity index (χ0n) is 11.8. The van der Waals surface area contributed by atoms with Crippen molar-refractivity contribution in [1.29, 1.82) is 0 Å². The monoisotopic (exact) mass is 321 g/mol. The third kappa shape index (κ3) is 4.63. The van der Waals surface area contributed by atoms with Crippen molar-refractivity contribution in [3.05, 3.63) is 52.2 Å². The van der Waals surface area contributed by atoms with Gasteiger partial charge in [0.25, 0.3) is 0 Å². The fourth-order valence-electron chi connectivity index (χ4n) is 1.98. The number of amides is 2. The van der Waals surface area contributed by atoms with Gasteiger partial charge in [0.2, 0.25) is 11.8 Å². The van der Waals surface area contributed by atoms with Crippen LogP contribution in [0.2, 0.25) is 0 Å². The van der Waals surface area contributed by atoms with Gasteiger partial charge in [-0.25, -0.2) is 9.37 Å². The van der Waals surface area contributed by atoms with Crippen LogP contribution in [-0.2, 0) is 16.0 Å². The number of nitrogens with two attached hydrogens (primary N) is 1. The third-order valence-electron chi connectivity index (χ3n) is 3.07. The lowest BCUT2D eigenvalue weighted by Crippen LogP contribution is -2.37. The molecule has 7 heteroatoms. The molecule has 0 aliphatic heterocycles. The van der Waals surface area contributed by atoms with Crippen LogP contribution in [0.1, 0.15) is 29.5 Å². The van der Waals surface area contributed by atoms with E-state index in [2.05, 4.69) is 10.3 Å². The van der Waals surface area contributed by atoms with E-state index >= 15 is 0 Å². The van der Waals surface area contributed by atoms with Gasteiger partial charge in [-0.1, -0.05) is 12.1 Å². The topological polar surface area (TPSA) is 85.1 Å². The average molecular weight is 321 g/mol. The molecule has 3 N–H and O–H groups in total. The number of carbonyl (C=O) groups excluding carboxylic acids is 2. The summed E-state index contributed by atoms with van der Waals surface area (Å²) in [6, 6.07) is 4.36. The van der Waals surface area contributed by atoms with Crippen molar-refractivity contribution < 1.29 is 14.0 Å². The zero-order chi connectivity index (χ0) is 15.9. The summed E-state index contributed by atoms with van der Waals surface area (Å²) in [6.45, 7) is 0. The van der Waals surface area contributed by atoms with Gasteiger partial charge in [0, 0.05) is 18.0 Å². The third-order valence-corrected chi connectivity index (χ3v) is 3.91. The summed E-state index contributed by atoms with van der Waals surface area (Å²) in [5.74, 6) is -1.37. The Labute approximate surface area is 131 Å². The molecule has 0 fully saturated rings. The standard InChI is InChI=1S/C15H16FN3O2S/c16-11-6-4-10(5-7-11)14(15(17)21)19-12(20)2-1-3-13-18-8-9-22-13/h4-9,14H,1-3H2,(H2,17,21)(H,19,20)/t14-/m0/s1. The number of hydrogen-bond donors (Lipinski definition) is 2. The quantitative estimate of drug-likeness (QED) is 0.817. The molecule has 1 atom stereocenters. The van der Waals surface area contributed by atoms with E-state index in [1.165, 1.54) is 35.6 Å². The molecule has 0 spiro atoms. The van der Waals surface area contributed by atoms with E-state index in [-0.39, 0.29) is 12.3 Å². The molecule has 1 aromatic heterocycles. The molecule has 1 heterocycles. The molecular weight excluding hydrogens is 305 g/mol. The van der Waals surface area contributed by atoms with Crippen molar-refractivity contribution in [2.24, 2.45) is 5.73 Å². The largest absolute Gasteiger partial charge is 0.368 e. The summed E-state index contributed by atoms with van der Waals surface area (Å²) in [4.78, 5) is 27.5. The molecule has 0 bridgehead atoms. The second kappa shape index (κ2) is 7.65. The highest BCUT2D eigenvalue weighted by atomic mass is 32.1. The number of halogens is 1. The Kier molecular flexibility index (Phi) is 5.60. The maximum absolute atomic E-state index is 12.9. The van der Waals surface area contributed by atoms with Crippen LogP contribution in [-0.4, -0.2) is 16.8 Å². The normalized spacial score (nSPS) is 11.9. The Balaban J connectivity index is 1.88. The van der Waals surface area contributed by atoms with Crippen LogP contribution in [0.25, 0.3) is 0 Å². The van der Waals surface area contributed by atoms with Gasteiger partial charge in [-0.15, -0.1) is 11.3 Å². The fourth-order valence-corrected chi connectivity index (χ4v) is 2.65. The molecule has 0 aliphatic rings. The van der Waals surface area contributed by atoms with Gasteiger partial charge in [0.05, 0.1) is 5.01 Å². The van der Waals surface area contributed by atoms with E-state index in [1.54, 1.807) is 6.20 Å². The first kappa shape index (κ1) is 16.1. The predicted molar refractivity (Wildman–Crippen MR) is 81.5 cm³/mol. The molecule has 0 radical (unpaired) electrons. The Morgan fingerprint density at radius 1 is 1.32 bits per heavy atom. The van der Waals surface area contributed by atoms with Crippen LogP contribution >= 0.6 is 11.3 Å². The molecule has 0 saturated heterocycles. The number of carbonyl (C=O) groups is 2. The van der Waals surface area contributed by atoms with Gasteiger partial charge in [-0.05, 0) is 30.5 Å². The second-order valence-electron chi connectivity index (χ2n) is 4.73. The van der Waals surface area contributed by atoms with E-state index in [0.29, 0.717) is 18.4 Å². The molecule has 0 unspecified atom stereocenters. The lowest BCUT2D eigenvalue weighted by atomic mass is 10.1. The highest BCUT2D eigenvalue weighted by Crippen LogP contribution is 2.14. The Morgan fingerprint density at radius 2 is 2.05 bits per heavy atom. The SMILES string of the molecule is NC(=O)[C@@H](NC(=O)CCCc1nccs1)c1ccc(F)cc1. The lowest BCUT2D eigenvalue weighted by molar-refractivity contribution is -0.127. The molecule has 116 valence electrons. The van der Waals surface area contributed by atoms with Gasteiger partial charge in [-0.2, -0.15) is 0 Å². The Bertz CT molecular complexity index is 629. The van der Waals surface area contributed by atoms with Crippen molar-refractivity contribution in [3.63, 3.8) is 0 Å². The van der Waals surface area contributed by atoms with Crippen LogP contribution < -0.4 is 11.1 Å². The van der Waals surface area contributed by atoms with Crippen LogP contribution in [0.4, 0.5) is 4.39 Å². The fraction of sp³-hybridized carbons (Fsp3) is 0.267. The smallest absolute Gasteiger partial charge is 0.244 e. The number of benzene rings is 1. The van der Waals surface area contributed by atoms with Crippen LogP contribution in [0.3, 0.4) is 0 Å². The van der Waals surface area contributed by atoms with Gasteiger partial charge in [0.1, 0.15) is 11.9 Å². The Hall–Kier alpha value is -2.28. The van der Waals surface area contributed by atoms with Crippen molar-refractivity contribution in [2.45, 2.75) is 25.3 Å². The van der Waals surface area contributed by atoms with E-state index < -0.39 is 17.8 Å². The van der Waals surface area contributed by atoms with Crippen molar-refractivity contribution in [2.75, 3.05) is 0 Å².